The Morgan fingerprint density at radius 3 is 2.73 bits per heavy atom. The van der Waals surface area contributed by atoms with Gasteiger partial charge in [0.05, 0.1) is 11.6 Å². The van der Waals surface area contributed by atoms with Gasteiger partial charge < -0.3 is 24.8 Å². The third-order valence-corrected chi connectivity index (χ3v) is 7.73. The fourth-order valence-corrected chi connectivity index (χ4v) is 6.01. The molecule has 2 aromatic rings. The molecule has 7 heteroatoms. The zero-order valence-corrected chi connectivity index (χ0v) is 18.6. The van der Waals surface area contributed by atoms with Crippen molar-refractivity contribution >= 4 is 11.8 Å². The van der Waals surface area contributed by atoms with Gasteiger partial charge in [-0.15, -0.1) is 0 Å². The molecular formula is C26H28N2O5. The fraction of sp³-hybridized carbons (Fsp3) is 0.462. The van der Waals surface area contributed by atoms with Gasteiger partial charge >= 0.3 is 0 Å². The molecule has 5 atom stereocenters. The quantitative estimate of drug-likeness (QED) is 0.750. The summed E-state index contributed by atoms with van der Waals surface area (Å²) < 4.78 is 17.7. The molecule has 3 aliphatic carbocycles. The van der Waals surface area contributed by atoms with Crippen LogP contribution in [0.25, 0.3) is 0 Å². The Hall–Kier alpha value is -3.22. The van der Waals surface area contributed by atoms with E-state index in [9.17, 15) is 9.59 Å². The van der Waals surface area contributed by atoms with Crippen LogP contribution in [-0.2, 0) is 4.79 Å². The van der Waals surface area contributed by atoms with Gasteiger partial charge in [0.2, 0.25) is 5.91 Å². The van der Waals surface area contributed by atoms with Crippen LogP contribution in [0.4, 0.5) is 0 Å². The first kappa shape index (κ1) is 20.4. The first-order valence-corrected chi connectivity index (χ1v) is 11.8. The SMILES string of the molecule is C[C@H](NC(=O)[C@H]1C[C@@H]2CC[C@@H]1C[C@@]21NC(=O)c2ccccc2O1)c1ccc2c(c1)OCCO2. The lowest BCUT2D eigenvalue weighted by atomic mass is 9.60. The molecule has 1 spiro atoms. The number of fused-ring (bicyclic) bond motifs is 4. The number of carbonyl (C=O) groups is 2. The maximum absolute atomic E-state index is 13.3. The molecule has 0 radical (unpaired) electrons. The van der Waals surface area contributed by atoms with E-state index < -0.39 is 5.72 Å². The van der Waals surface area contributed by atoms with Crippen molar-refractivity contribution in [3.63, 3.8) is 0 Å². The van der Waals surface area contributed by atoms with Crippen molar-refractivity contribution in [2.24, 2.45) is 17.8 Å². The standard InChI is InChI=1S/C26H28N2O5/c1-15(16-7-9-22-23(12-16)32-11-10-31-22)27-24(29)20-13-18-8-6-17(20)14-26(18)28-25(30)19-4-2-3-5-21(19)33-26/h2-5,7,9,12,15,17-18,20H,6,8,10-11,13-14H2,1H3,(H,27,29)(H,28,30)/t15-,17+,18-,20-,26-/m0/s1. The third kappa shape index (κ3) is 3.41. The van der Waals surface area contributed by atoms with Crippen LogP contribution in [0.3, 0.4) is 0 Å². The molecule has 7 rings (SSSR count). The molecule has 172 valence electrons. The smallest absolute Gasteiger partial charge is 0.258 e. The average Bonchev–Trinajstić information content (AvgIpc) is 2.84. The lowest BCUT2D eigenvalue weighted by Crippen LogP contribution is -2.66. The molecule has 33 heavy (non-hydrogen) atoms. The molecule has 7 nitrogen and oxygen atoms in total. The van der Waals surface area contributed by atoms with E-state index >= 15 is 0 Å². The Labute approximate surface area is 192 Å². The predicted octanol–water partition coefficient (Wildman–Crippen LogP) is 3.59. The summed E-state index contributed by atoms with van der Waals surface area (Å²) in [6.45, 7) is 3.08. The molecule has 0 unspecified atom stereocenters. The normalized spacial score (nSPS) is 30.1. The van der Waals surface area contributed by atoms with Crippen LogP contribution in [0.2, 0.25) is 0 Å². The first-order chi connectivity index (χ1) is 16.0. The van der Waals surface area contributed by atoms with E-state index in [1.54, 1.807) is 6.07 Å². The highest BCUT2D eigenvalue weighted by Gasteiger charge is 2.57. The zero-order valence-electron chi connectivity index (χ0n) is 18.6. The number of amides is 2. The van der Waals surface area contributed by atoms with Crippen molar-refractivity contribution in [3.8, 4) is 17.2 Å². The number of hydrogen-bond donors (Lipinski definition) is 2. The van der Waals surface area contributed by atoms with E-state index in [4.69, 9.17) is 14.2 Å². The summed E-state index contributed by atoms with van der Waals surface area (Å²) >= 11 is 0. The second kappa shape index (κ2) is 7.68. The van der Waals surface area contributed by atoms with Gasteiger partial charge in [0, 0.05) is 18.3 Å². The van der Waals surface area contributed by atoms with Crippen molar-refractivity contribution < 1.29 is 23.8 Å². The van der Waals surface area contributed by atoms with Gasteiger partial charge in [0.25, 0.3) is 5.91 Å². The van der Waals surface area contributed by atoms with Gasteiger partial charge in [0.15, 0.2) is 17.2 Å². The molecule has 2 heterocycles. The molecule has 3 saturated carbocycles. The van der Waals surface area contributed by atoms with Gasteiger partial charge in [0.1, 0.15) is 19.0 Å². The van der Waals surface area contributed by atoms with E-state index in [1.807, 2.05) is 43.3 Å². The van der Waals surface area contributed by atoms with Gasteiger partial charge in [-0.25, -0.2) is 0 Å². The second-order valence-corrected chi connectivity index (χ2v) is 9.66. The maximum atomic E-state index is 13.3. The summed E-state index contributed by atoms with van der Waals surface area (Å²) in [6, 6.07) is 13.1. The van der Waals surface area contributed by atoms with Crippen molar-refractivity contribution in [1.29, 1.82) is 0 Å². The molecule has 5 aliphatic rings. The summed E-state index contributed by atoms with van der Waals surface area (Å²) in [5.74, 6) is 2.31. The van der Waals surface area contributed by atoms with Crippen LogP contribution in [-0.4, -0.2) is 30.8 Å². The van der Waals surface area contributed by atoms with E-state index in [2.05, 4.69) is 10.6 Å². The zero-order chi connectivity index (χ0) is 22.6. The Bertz CT molecular complexity index is 1120. The highest BCUT2D eigenvalue weighted by Crippen LogP contribution is 2.52. The van der Waals surface area contributed by atoms with Crippen molar-refractivity contribution in [1.82, 2.24) is 10.6 Å². The van der Waals surface area contributed by atoms with Crippen molar-refractivity contribution in [3.05, 3.63) is 53.6 Å². The molecule has 2 bridgehead atoms. The van der Waals surface area contributed by atoms with E-state index in [0.29, 0.717) is 37.4 Å². The minimum absolute atomic E-state index is 0.0736. The van der Waals surface area contributed by atoms with Gasteiger partial charge in [-0.1, -0.05) is 18.2 Å². The molecule has 2 N–H and O–H groups in total. The number of para-hydroxylation sites is 1. The lowest BCUT2D eigenvalue weighted by Gasteiger charge is -2.55. The van der Waals surface area contributed by atoms with E-state index in [1.165, 1.54) is 0 Å². The number of carbonyl (C=O) groups excluding carboxylic acids is 2. The Kier molecular flexibility index (Phi) is 4.75. The fourth-order valence-electron chi connectivity index (χ4n) is 6.01. The minimum Gasteiger partial charge on any atom is -0.486 e. The number of hydrogen-bond acceptors (Lipinski definition) is 5. The summed E-state index contributed by atoms with van der Waals surface area (Å²) in [5, 5.41) is 6.37. The summed E-state index contributed by atoms with van der Waals surface area (Å²) in [7, 11) is 0. The van der Waals surface area contributed by atoms with Crippen LogP contribution in [0.15, 0.2) is 42.5 Å². The first-order valence-electron chi connectivity index (χ1n) is 11.8. The van der Waals surface area contributed by atoms with Crippen LogP contribution < -0.4 is 24.8 Å². The largest absolute Gasteiger partial charge is 0.486 e. The van der Waals surface area contributed by atoms with E-state index in [0.717, 1.165) is 29.9 Å². The number of rotatable bonds is 3. The number of benzene rings is 2. The van der Waals surface area contributed by atoms with E-state index in [-0.39, 0.29) is 35.6 Å². The van der Waals surface area contributed by atoms with Gasteiger partial charge in [-0.2, -0.15) is 0 Å². The maximum Gasteiger partial charge on any atom is 0.258 e. The molecule has 0 aromatic heterocycles. The highest BCUT2D eigenvalue weighted by molar-refractivity contribution is 5.98. The summed E-state index contributed by atoms with van der Waals surface area (Å²) in [5.41, 5.74) is 0.865. The van der Waals surface area contributed by atoms with Crippen LogP contribution in [0, 0.1) is 17.8 Å². The van der Waals surface area contributed by atoms with Crippen molar-refractivity contribution in [2.75, 3.05) is 13.2 Å². The summed E-state index contributed by atoms with van der Waals surface area (Å²) in [6.07, 6.45) is 3.30. The van der Waals surface area contributed by atoms with Crippen molar-refractivity contribution in [2.45, 2.75) is 44.4 Å². The number of nitrogens with one attached hydrogen (secondary N) is 2. The topological polar surface area (TPSA) is 85.9 Å². The Balaban J connectivity index is 1.16. The second-order valence-electron chi connectivity index (χ2n) is 9.66. The minimum atomic E-state index is -0.702. The average molecular weight is 449 g/mol. The van der Waals surface area contributed by atoms with Crippen LogP contribution in [0.5, 0.6) is 17.2 Å². The predicted molar refractivity (Wildman–Crippen MR) is 120 cm³/mol. The molecule has 2 aromatic carbocycles. The molecule has 0 saturated heterocycles. The summed E-state index contributed by atoms with van der Waals surface area (Å²) in [4.78, 5) is 26.1. The molecule has 3 fully saturated rings. The van der Waals surface area contributed by atoms with Gasteiger partial charge in [-0.05, 0) is 61.9 Å². The van der Waals surface area contributed by atoms with Gasteiger partial charge in [-0.3, -0.25) is 9.59 Å². The molecule has 2 amide bonds. The lowest BCUT2D eigenvalue weighted by molar-refractivity contribution is -0.147. The van der Waals surface area contributed by atoms with Crippen LogP contribution in [0.1, 0.15) is 54.6 Å². The molecular weight excluding hydrogens is 420 g/mol. The molecule has 2 aliphatic heterocycles. The van der Waals surface area contributed by atoms with Crippen LogP contribution >= 0.6 is 0 Å². The highest BCUT2D eigenvalue weighted by atomic mass is 16.6. The monoisotopic (exact) mass is 448 g/mol. The Morgan fingerprint density at radius 1 is 1.09 bits per heavy atom. The number of ether oxygens (including phenoxy) is 3. The third-order valence-electron chi connectivity index (χ3n) is 7.73. The Morgan fingerprint density at radius 2 is 1.91 bits per heavy atom.